The molecule has 0 amide bonds. The lowest BCUT2D eigenvalue weighted by Crippen LogP contribution is -2.24. The maximum absolute atomic E-state index is 6.02. The Morgan fingerprint density at radius 1 is 1.37 bits per heavy atom. The van der Waals surface area contributed by atoms with Crippen LogP contribution >= 0.6 is 11.6 Å². The van der Waals surface area contributed by atoms with Crippen LogP contribution in [-0.4, -0.2) is 18.6 Å². The van der Waals surface area contributed by atoms with Crippen LogP contribution in [0.1, 0.15) is 45.4 Å². The summed E-state index contributed by atoms with van der Waals surface area (Å²) in [6.07, 6.45) is 1.35. The number of hydrogen-bond donors (Lipinski definition) is 0. The molecule has 0 saturated heterocycles. The van der Waals surface area contributed by atoms with Crippen molar-refractivity contribution in [2.24, 2.45) is 11.8 Å². The number of nitrogens with zero attached hydrogens (tertiary/aromatic N) is 2. The van der Waals surface area contributed by atoms with Crippen LogP contribution in [0.2, 0.25) is 0 Å². The molecule has 0 N–H and O–H groups in total. The zero-order valence-corrected chi connectivity index (χ0v) is 13.5. The topological polar surface area (TPSA) is 16.1 Å². The zero-order chi connectivity index (χ0) is 14.2. The van der Waals surface area contributed by atoms with E-state index in [1.807, 2.05) is 0 Å². The predicted octanol–water partition coefficient (Wildman–Crippen LogP) is 4.21. The Morgan fingerprint density at radius 2 is 2.00 bits per heavy atom. The Balaban J connectivity index is 2.23. The number of alkyl halides is 1. The van der Waals surface area contributed by atoms with E-state index in [1.54, 1.807) is 0 Å². The number of pyridine rings is 1. The normalized spacial score (nSPS) is 22.4. The molecule has 1 aliphatic carbocycles. The van der Waals surface area contributed by atoms with Gasteiger partial charge in [0.2, 0.25) is 0 Å². The molecule has 0 bridgehead atoms. The highest BCUT2D eigenvalue weighted by Gasteiger charge is 2.33. The summed E-state index contributed by atoms with van der Waals surface area (Å²) >= 11 is 6.02. The first-order valence-electron chi connectivity index (χ1n) is 7.10. The fraction of sp³-hybridized carbons (Fsp3) is 0.688. The summed E-state index contributed by atoms with van der Waals surface area (Å²) in [5, 5.41) is 0. The van der Waals surface area contributed by atoms with E-state index >= 15 is 0 Å². The van der Waals surface area contributed by atoms with Crippen molar-refractivity contribution < 1.29 is 0 Å². The average molecular weight is 281 g/mol. The van der Waals surface area contributed by atoms with Gasteiger partial charge >= 0.3 is 0 Å². The van der Waals surface area contributed by atoms with E-state index in [0.29, 0.717) is 5.88 Å². The van der Waals surface area contributed by atoms with Gasteiger partial charge in [-0.3, -0.25) is 0 Å². The van der Waals surface area contributed by atoms with Crippen LogP contribution in [0.3, 0.4) is 0 Å². The Bertz CT molecular complexity index is 451. The van der Waals surface area contributed by atoms with Crippen molar-refractivity contribution in [3.63, 3.8) is 0 Å². The number of halogens is 1. The third kappa shape index (κ3) is 3.62. The van der Waals surface area contributed by atoms with Crippen LogP contribution in [0.5, 0.6) is 0 Å². The van der Waals surface area contributed by atoms with E-state index in [-0.39, 0.29) is 5.41 Å². The summed E-state index contributed by atoms with van der Waals surface area (Å²) in [5.74, 6) is 3.32. The van der Waals surface area contributed by atoms with Crippen molar-refractivity contribution >= 4 is 17.4 Å². The highest BCUT2D eigenvalue weighted by Crippen LogP contribution is 2.38. The molecular weight excluding hydrogens is 256 g/mol. The highest BCUT2D eigenvalue weighted by atomic mass is 35.5. The molecule has 1 saturated carbocycles. The molecule has 1 aromatic rings. The molecule has 0 radical (unpaired) electrons. The van der Waals surface area contributed by atoms with Crippen molar-refractivity contribution in [2.45, 2.75) is 45.4 Å². The lowest BCUT2D eigenvalue weighted by molar-refractivity contribution is 0.567. The van der Waals surface area contributed by atoms with Gasteiger partial charge < -0.3 is 4.90 Å². The molecule has 0 aliphatic heterocycles. The number of rotatable bonds is 4. The van der Waals surface area contributed by atoms with Gasteiger partial charge in [0, 0.05) is 30.6 Å². The summed E-state index contributed by atoms with van der Waals surface area (Å²) in [6.45, 7) is 10.0. The smallest absolute Gasteiger partial charge is 0.128 e. The van der Waals surface area contributed by atoms with Crippen molar-refractivity contribution in [2.75, 3.05) is 18.5 Å². The third-order valence-electron chi connectivity index (χ3n) is 3.97. The van der Waals surface area contributed by atoms with Crippen LogP contribution in [0.4, 0.5) is 5.82 Å². The summed E-state index contributed by atoms with van der Waals surface area (Å²) < 4.78 is 0. The van der Waals surface area contributed by atoms with Gasteiger partial charge in [-0.05, 0) is 36.0 Å². The van der Waals surface area contributed by atoms with E-state index in [4.69, 9.17) is 16.6 Å². The van der Waals surface area contributed by atoms with E-state index in [2.05, 4.69) is 51.8 Å². The molecule has 0 aromatic carbocycles. The monoisotopic (exact) mass is 280 g/mol. The first-order chi connectivity index (χ1) is 8.81. The first kappa shape index (κ1) is 14.6. The minimum Gasteiger partial charge on any atom is -0.359 e. The molecule has 2 atom stereocenters. The molecule has 0 spiro atoms. The maximum Gasteiger partial charge on any atom is 0.128 e. The fourth-order valence-electron chi connectivity index (χ4n) is 2.33. The number of hydrogen-bond acceptors (Lipinski definition) is 2. The summed E-state index contributed by atoms with van der Waals surface area (Å²) in [6, 6.07) is 4.25. The van der Waals surface area contributed by atoms with Gasteiger partial charge in [0.05, 0.1) is 0 Å². The van der Waals surface area contributed by atoms with E-state index < -0.39 is 0 Å². The zero-order valence-electron chi connectivity index (χ0n) is 12.7. The summed E-state index contributed by atoms with van der Waals surface area (Å²) in [4.78, 5) is 7.10. The van der Waals surface area contributed by atoms with Crippen LogP contribution < -0.4 is 4.90 Å². The van der Waals surface area contributed by atoms with Gasteiger partial charge in [-0.2, -0.15) is 0 Å². The van der Waals surface area contributed by atoms with Gasteiger partial charge in [0.1, 0.15) is 5.82 Å². The molecule has 2 nitrogen and oxygen atoms in total. The molecular formula is C16H25ClN2. The Morgan fingerprint density at radius 3 is 2.47 bits per heavy atom. The second kappa shape index (κ2) is 5.32. The van der Waals surface area contributed by atoms with Crippen molar-refractivity contribution in [3.8, 4) is 0 Å². The second-order valence-electron chi connectivity index (χ2n) is 6.96. The summed E-state index contributed by atoms with van der Waals surface area (Å²) in [7, 11) is 2.14. The van der Waals surface area contributed by atoms with Crippen LogP contribution in [0.15, 0.2) is 12.1 Å². The second-order valence-corrected chi connectivity index (χ2v) is 7.22. The SMILES string of the molecule is CC1CC1CN(C)c1cc(CCl)cc(C(C)(C)C)n1. The molecule has 1 fully saturated rings. The van der Waals surface area contributed by atoms with Crippen LogP contribution in [-0.2, 0) is 11.3 Å². The quantitative estimate of drug-likeness (QED) is 0.768. The van der Waals surface area contributed by atoms with Crippen molar-refractivity contribution in [1.82, 2.24) is 4.98 Å². The maximum atomic E-state index is 6.02. The Labute approximate surface area is 122 Å². The van der Waals surface area contributed by atoms with Gasteiger partial charge in [-0.1, -0.05) is 27.7 Å². The lowest BCUT2D eigenvalue weighted by atomic mass is 9.91. The standard InChI is InChI=1S/C16H25ClN2/c1-11-6-13(11)10-19(5)15-8-12(9-17)7-14(18-15)16(2,3)4/h7-8,11,13H,6,9-10H2,1-5H3. The molecule has 1 aliphatic rings. The van der Waals surface area contributed by atoms with Crippen LogP contribution in [0, 0.1) is 11.8 Å². The third-order valence-corrected chi connectivity index (χ3v) is 4.28. The lowest BCUT2D eigenvalue weighted by Gasteiger charge is -2.24. The Kier molecular flexibility index (Phi) is 4.10. The number of anilines is 1. The average Bonchev–Trinajstić information content (AvgIpc) is 3.03. The van der Waals surface area contributed by atoms with Gasteiger partial charge in [0.15, 0.2) is 0 Å². The van der Waals surface area contributed by atoms with Gasteiger partial charge in [-0.25, -0.2) is 4.98 Å². The van der Waals surface area contributed by atoms with E-state index in [1.165, 1.54) is 6.42 Å². The van der Waals surface area contributed by atoms with Crippen molar-refractivity contribution in [3.05, 3.63) is 23.4 Å². The van der Waals surface area contributed by atoms with Gasteiger partial charge in [-0.15, -0.1) is 11.6 Å². The van der Waals surface area contributed by atoms with Crippen LogP contribution in [0.25, 0.3) is 0 Å². The summed E-state index contributed by atoms with van der Waals surface area (Å²) in [5.41, 5.74) is 2.34. The fourth-order valence-corrected chi connectivity index (χ4v) is 2.48. The minimum atomic E-state index is 0.0601. The van der Waals surface area contributed by atoms with Gasteiger partial charge in [0.25, 0.3) is 0 Å². The number of aromatic nitrogens is 1. The molecule has 2 rings (SSSR count). The molecule has 1 heterocycles. The molecule has 2 unspecified atom stereocenters. The predicted molar refractivity (Wildman–Crippen MR) is 83.0 cm³/mol. The molecule has 3 heteroatoms. The highest BCUT2D eigenvalue weighted by molar-refractivity contribution is 6.17. The molecule has 106 valence electrons. The minimum absolute atomic E-state index is 0.0601. The first-order valence-corrected chi connectivity index (χ1v) is 7.63. The molecule has 1 aromatic heterocycles. The van der Waals surface area contributed by atoms with E-state index in [9.17, 15) is 0 Å². The Hall–Kier alpha value is -0.760. The largest absolute Gasteiger partial charge is 0.359 e. The van der Waals surface area contributed by atoms with E-state index in [0.717, 1.165) is 35.5 Å². The molecule has 19 heavy (non-hydrogen) atoms. The van der Waals surface area contributed by atoms with Crippen molar-refractivity contribution in [1.29, 1.82) is 0 Å².